The first kappa shape index (κ1) is 15.6. The minimum atomic E-state index is 0.188. The highest BCUT2D eigenvalue weighted by atomic mass is 16.2. The fraction of sp³-hybridized carbons (Fsp3) is 0.556. The second-order valence-corrected chi connectivity index (χ2v) is 5.80. The molecule has 1 aliphatic rings. The first-order valence-electron chi connectivity index (χ1n) is 8.01. The summed E-state index contributed by atoms with van der Waals surface area (Å²) in [7, 11) is 0. The SMILES string of the molecule is N#CCCN(CCc1ccccc1)C(=O)C1CCCCC1. The molecule has 0 saturated heterocycles. The van der Waals surface area contributed by atoms with Gasteiger partial charge in [0.05, 0.1) is 12.5 Å². The minimum absolute atomic E-state index is 0.188. The Hall–Kier alpha value is -1.82. The molecule has 0 atom stereocenters. The van der Waals surface area contributed by atoms with E-state index in [1.807, 2.05) is 23.1 Å². The van der Waals surface area contributed by atoms with Gasteiger partial charge in [-0.05, 0) is 24.8 Å². The lowest BCUT2D eigenvalue weighted by Gasteiger charge is -2.29. The molecule has 1 amide bonds. The second kappa shape index (κ2) is 8.46. The average Bonchev–Trinajstić information content (AvgIpc) is 2.56. The standard InChI is InChI=1S/C18H24N2O/c19-13-7-14-20(15-12-16-8-3-1-4-9-16)18(21)17-10-5-2-6-11-17/h1,3-4,8-9,17H,2,5-7,10-12,14-15H2. The van der Waals surface area contributed by atoms with E-state index in [2.05, 4.69) is 18.2 Å². The molecule has 0 unspecified atom stereocenters. The van der Waals surface area contributed by atoms with Crippen LogP contribution in [0.25, 0.3) is 0 Å². The van der Waals surface area contributed by atoms with Crippen LogP contribution in [0, 0.1) is 17.2 Å². The summed E-state index contributed by atoms with van der Waals surface area (Å²) in [5.74, 6) is 0.453. The van der Waals surface area contributed by atoms with Crippen LogP contribution in [0.3, 0.4) is 0 Å². The molecule has 1 aromatic carbocycles. The van der Waals surface area contributed by atoms with E-state index in [1.54, 1.807) is 0 Å². The van der Waals surface area contributed by atoms with Gasteiger partial charge in [0.15, 0.2) is 0 Å². The van der Waals surface area contributed by atoms with Crippen molar-refractivity contribution >= 4 is 5.91 Å². The van der Waals surface area contributed by atoms with E-state index in [-0.39, 0.29) is 11.8 Å². The molecule has 0 heterocycles. The molecule has 1 fully saturated rings. The van der Waals surface area contributed by atoms with Crippen LogP contribution in [0.5, 0.6) is 0 Å². The highest BCUT2D eigenvalue weighted by molar-refractivity contribution is 5.79. The number of hydrogen-bond donors (Lipinski definition) is 0. The van der Waals surface area contributed by atoms with Crippen LogP contribution in [0.4, 0.5) is 0 Å². The molecule has 0 bridgehead atoms. The zero-order valence-electron chi connectivity index (χ0n) is 12.6. The summed E-state index contributed by atoms with van der Waals surface area (Å²) in [4.78, 5) is 14.6. The van der Waals surface area contributed by atoms with Crippen molar-refractivity contribution in [1.29, 1.82) is 5.26 Å². The Balaban J connectivity index is 1.93. The lowest BCUT2D eigenvalue weighted by molar-refractivity contribution is -0.136. The Morgan fingerprint density at radius 3 is 2.52 bits per heavy atom. The highest BCUT2D eigenvalue weighted by Crippen LogP contribution is 2.25. The number of nitrogens with zero attached hydrogens (tertiary/aromatic N) is 2. The van der Waals surface area contributed by atoms with Gasteiger partial charge in [0.25, 0.3) is 0 Å². The van der Waals surface area contributed by atoms with E-state index in [0.29, 0.717) is 13.0 Å². The summed E-state index contributed by atoms with van der Waals surface area (Å²) in [6.07, 6.45) is 6.92. The van der Waals surface area contributed by atoms with Crippen molar-refractivity contribution in [2.75, 3.05) is 13.1 Å². The third-order valence-corrected chi connectivity index (χ3v) is 4.27. The summed E-state index contributed by atoms with van der Waals surface area (Å²) in [6, 6.07) is 12.4. The fourth-order valence-corrected chi connectivity index (χ4v) is 3.03. The highest BCUT2D eigenvalue weighted by Gasteiger charge is 2.25. The van der Waals surface area contributed by atoms with Crippen LogP contribution in [-0.4, -0.2) is 23.9 Å². The number of amides is 1. The van der Waals surface area contributed by atoms with Gasteiger partial charge in [-0.1, -0.05) is 49.6 Å². The molecule has 3 nitrogen and oxygen atoms in total. The number of carbonyl (C=O) groups excluding carboxylic acids is 1. The normalized spacial score (nSPS) is 15.4. The molecular formula is C18H24N2O. The molecule has 0 aromatic heterocycles. The minimum Gasteiger partial charge on any atom is -0.341 e. The summed E-state index contributed by atoms with van der Waals surface area (Å²) in [5, 5.41) is 8.80. The van der Waals surface area contributed by atoms with Crippen molar-refractivity contribution in [3.8, 4) is 6.07 Å². The van der Waals surface area contributed by atoms with Crippen LogP contribution in [0.1, 0.15) is 44.1 Å². The maximum absolute atomic E-state index is 12.6. The van der Waals surface area contributed by atoms with Crippen molar-refractivity contribution in [2.45, 2.75) is 44.9 Å². The van der Waals surface area contributed by atoms with Gasteiger partial charge in [-0.15, -0.1) is 0 Å². The van der Waals surface area contributed by atoms with Gasteiger partial charge in [0, 0.05) is 19.0 Å². The Morgan fingerprint density at radius 2 is 1.86 bits per heavy atom. The molecule has 3 heteroatoms. The predicted molar refractivity (Wildman–Crippen MR) is 83.5 cm³/mol. The Morgan fingerprint density at radius 1 is 1.14 bits per heavy atom. The number of carbonyl (C=O) groups is 1. The molecule has 1 aliphatic carbocycles. The van der Waals surface area contributed by atoms with E-state index in [4.69, 9.17) is 5.26 Å². The van der Waals surface area contributed by atoms with Gasteiger partial charge in [-0.2, -0.15) is 5.26 Å². The van der Waals surface area contributed by atoms with Gasteiger partial charge >= 0.3 is 0 Å². The maximum atomic E-state index is 12.6. The number of hydrogen-bond acceptors (Lipinski definition) is 2. The second-order valence-electron chi connectivity index (χ2n) is 5.80. The van der Waals surface area contributed by atoms with Crippen molar-refractivity contribution in [3.05, 3.63) is 35.9 Å². The van der Waals surface area contributed by atoms with Crippen molar-refractivity contribution in [3.63, 3.8) is 0 Å². The van der Waals surface area contributed by atoms with Crippen molar-refractivity contribution in [1.82, 2.24) is 4.90 Å². The maximum Gasteiger partial charge on any atom is 0.225 e. The van der Waals surface area contributed by atoms with Gasteiger partial charge in [-0.3, -0.25) is 4.79 Å². The van der Waals surface area contributed by atoms with E-state index in [9.17, 15) is 4.79 Å². The lowest BCUT2D eigenvalue weighted by Crippen LogP contribution is -2.39. The van der Waals surface area contributed by atoms with E-state index >= 15 is 0 Å². The first-order valence-corrected chi connectivity index (χ1v) is 8.01. The summed E-state index contributed by atoms with van der Waals surface area (Å²) in [6.45, 7) is 1.29. The predicted octanol–water partition coefficient (Wildman–Crippen LogP) is 3.55. The Kier molecular flexibility index (Phi) is 6.27. The number of benzene rings is 1. The smallest absolute Gasteiger partial charge is 0.225 e. The quantitative estimate of drug-likeness (QED) is 0.801. The van der Waals surface area contributed by atoms with Gasteiger partial charge in [0.2, 0.25) is 5.91 Å². The molecule has 0 N–H and O–H groups in total. The van der Waals surface area contributed by atoms with E-state index in [0.717, 1.165) is 25.8 Å². The molecule has 1 saturated carbocycles. The van der Waals surface area contributed by atoms with Crippen LogP contribution < -0.4 is 0 Å². The molecule has 21 heavy (non-hydrogen) atoms. The Labute approximate surface area is 127 Å². The topological polar surface area (TPSA) is 44.1 Å². The summed E-state index contributed by atoms with van der Waals surface area (Å²) in [5.41, 5.74) is 1.25. The van der Waals surface area contributed by atoms with Crippen LogP contribution in [0.15, 0.2) is 30.3 Å². The molecule has 0 radical (unpaired) electrons. The van der Waals surface area contributed by atoms with Crippen molar-refractivity contribution < 1.29 is 4.79 Å². The molecule has 2 rings (SSSR count). The third kappa shape index (κ3) is 4.90. The monoisotopic (exact) mass is 284 g/mol. The van der Waals surface area contributed by atoms with Crippen LogP contribution in [-0.2, 0) is 11.2 Å². The number of nitriles is 1. The van der Waals surface area contributed by atoms with Gasteiger partial charge in [0.1, 0.15) is 0 Å². The summed E-state index contributed by atoms with van der Waals surface area (Å²) >= 11 is 0. The van der Waals surface area contributed by atoms with Gasteiger partial charge in [-0.25, -0.2) is 0 Å². The Bertz CT molecular complexity index is 472. The zero-order chi connectivity index (χ0) is 14.9. The fourth-order valence-electron chi connectivity index (χ4n) is 3.03. The molecule has 0 spiro atoms. The van der Waals surface area contributed by atoms with Crippen molar-refractivity contribution in [2.24, 2.45) is 5.92 Å². The average molecular weight is 284 g/mol. The molecular weight excluding hydrogens is 260 g/mol. The molecule has 0 aliphatic heterocycles. The zero-order valence-corrected chi connectivity index (χ0v) is 12.6. The van der Waals surface area contributed by atoms with E-state index in [1.165, 1.54) is 24.8 Å². The first-order chi connectivity index (χ1) is 10.3. The summed E-state index contributed by atoms with van der Waals surface area (Å²) < 4.78 is 0. The third-order valence-electron chi connectivity index (χ3n) is 4.27. The van der Waals surface area contributed by atoms with E-state index < -0.39 is 0 Å². The largest absolute Gasteiger partial charge is 0.341 e. The number of rotatable bonds is 6. The van der Waals surface area contributed by atoms with Crippen LogP contribution in [0.2, 0.25) is 0 Å². The lowest BCUT2D eigenvalue weighted by atomic mass is 9.88. The van der Waals surface area contributed by atoms with Gasteiger partial charge < -0.3 is 4.90 Å². The van der Waals surface area contributed by atoms with Crippen LogP contribution >= 0.6 is 0 Å². The molecule has 1 aromatic rings. The molecule has 112 valence electrons.